The van der Waals surface area contributed by atoms with Crippen LogP contribution < -0.4 is 8.45 Å². The minimum absolute atomic E-state index is 0.270. The van der Waals surface area contributed by atoms with Crippen LogP contribution in [0.3, 0.4) is 0 Å². The predicted molar refractivity (Wildman–Crippen MR) is 155 cm³/mol. The Morgan fingerprint density at radius 3 is 1.63 bits per heavy atom. The summed E-state index contributed by atoms with van der Waals surface area (Å²) in [6.45, 7) is 13.9. The van der Waals surface area contributed by atoms with Crippen LogP contribution in [0.5, 0.6) is 0 Å². The molecule has 4 rings (SSSR count). The van der Waals surface area contributed by atoms with Gasteiger partial charge in [0.2, 0.25) is 0 Å². The molecule has 0 saturated carbocycles. The second-order valence-corrected chi connectivity index (χ2v) is 31.0. The van der Waals surface area contributed by atoms with E-state index in [1.165, 1.54) is 17.5 Å². The first-order valence-corrected chi connectivity index (χ1v) is 24.6. The Bertz CT molecular complexity index is 1100. The van der Waals surface area contributed by atoms with E-state index in [0.717, 1.165) is 0 Å². The van der Waals surface area contributed by atoms with Crippen molar-refractivity contribution in [2.75, 3.05) is 0 Å². The molecule has 35 heavy (non-hydrogen) atoms. The molecule has 1 aliphatic carbocycles. The van der Waals surface area contributed by atoms with Gasteiger partial charge in [-0.25, -0.2) is 0 Å². The average Bonchev–Trinajstić information content (AvgIpc) is 3.08. The quantitative estimate of drug-likeness (QED) is 0.295. The van der Waals surface area contributed by atoms with Crippen LogP contribution in [-0.4, -0.2) is 12.7 Å². The number of nitrogens with one attached hydrogen (secondary N) is 1. The molecule has 1 nitrogen and oxygen atoms in total. The van der Waals surface area contributed by atoms with Gasteiger partial charge in [-0.05, 0) is 11.1 Å². The van der Waals surface area contributed by atoms with Gasteiger partial charge < -0.3 is 0 Å². The Labute approximate surface area is 220 Å². The van der Waals surface area contributed by atoms with Crippen LogP contribution in [0.1, 0.15) is 48.0 Å². The Kier molecular flexibility index (Phi) is 10.3. The molecule has 1 aliphatic rings. The SMILES string of the molecule is CCC(C)[NH][Zr]([CH3])([SiH2]c1ccccc1)[C]1=C(C)C(C)=C(C)C1C.c1ccc(-c2ccccc2)cc1. The summed E-state index contributed by atoms with van der Waals surface area (Å²) < 4.78 is 8.74. The Balaban J connectivity index is 0.000000237. The van der Waals surface area contributed by atoms with E-state index < -0.39 is 19.7 Å². The number of hydrogen-bond donors (Lipinski definition) is 1. The number of allylic oxidation sites excluding steroid dienone is 4. The number of rotatable bonds is 7. The summed E-state index contributed by atoms with van der Waals surface area (Å²) in [6, 6.07) is 32.7. The first-order chi connectivity index (χ1) is 16.8. The van der Waals surface area contributed by atoms with Crippen molar-refractivity contribution < 1.29 is 19.7 Å². The van der Waals surface area contributed by atoms with Crippen molar-refractivity contribution in [2.24, 2.45) is 5.92 Å². The van der Waals surface area contributed by atoms with E-state index in [1.807, 2.05) is 15.4 Å². The molecule has 0 aliphatic heterocycles. The Morgan fingerprint density at radius 2 is 1.23 bits per heavy atom. The molecule has 0 heterocycles. The van der Waals surface area contributed by atoms with Crippen LogP contribution >= 0.6 is 0 Å². The number of benzene rings is 3. The van der Waals surface area contributed by atoms with Gasteiger partial charge in [0.05, 0.1) is 0 Å². The van der Waals surface area contributed by atoms with Gasteiger partial charge in [-0.1, -0.05) is 60.7 Å². The third-order valence-electron chi connectivity index (χ3n) is 7.69. The standard InChI is InChI=1S/C12H10.C9H13.C6H7Si.C4H10N.CH3.Zr/c1-3-7-11(8-4-1)12-9-5-2-6-10-12;1-6-5-7(2)9(4)8(6)3;7-6-4-2-1-3-5-6;1-3-4(2)5;;/h1-10H;6H,1-4H3;1-5H,7H2;4-5H,3H2,1-2H3;1H3;/q;;;-1;;+1. The molecular weight excluding hydrogens is 518 g/mol. The van der Waals surface area contributed by atoms with Gasteiger partial charge in [0, 0.05) is 0 Å². The Morgan fingerprint density at radius 1 is 0.771 bits per heavy atom. The van der Waals surface area contributed by atoms with Crippen molar-refractivity contribution in [1.82, 2.24) is 3.26 Å². The number of hydrogen-bond acceptors (Lipinski definition) is 1. The molecule has 0 aromatic heterocycles. The first-order valence-electron chi connectivity index (χ1n) is 13.1. The first kappa shape index (κ1) is 27.8. The summed E-state index contributed by atoms with van der Waals surface area (Å²) in [4.78, 5) is 0. The van der Waals surface area contributed by atoms with Gasteiger partial charge in [-0.15, -0.1) is 0 Å². The smallest absolute Gasteiger partial charge is 0.0184 e. The summed E-state index contributed by atoms with van der Waals surface area (Å²) in [5.41, 5.74) is 7.33. The van der Waals surface area contributed by atoms with E-state index in [0.29, 0.717) is 12.0 Å². The summed E-state index contributed by atoms with van der Waals surface area (Å²) in [5.74, 6) is 0.656. The van der Waals surface area contributed by atoms with Gasteiger partial charge in [-0.3, -0.25) is 0 Å². The van der Waals surface area contributed by atoms with Gasteiger partial charge in [0.25, 0.3) is 0 Å². The van der Waals surface area contributed by atoms with Crippen LogP contribution in [0.25, 0.3) is 11.1 Å². The maximum atomic E-state index is 4.22. The van der Waals surface area contributed by atoms with E-state index >= 15 is 0 Å². The van der Waals surface area contributed by atoms with Crippen LogP contribution in [-0.2, 0) is 19.7 Å². The average molecular weight is 561 g/mol. The monoisotopic (exact) mass is 559 g/mol. The topological polar surface area (TPSA) is 12.0 Å². The summed E-state index contributed by atoms with van der Waals surface area (Å²) in [5, 5.41) is 1.64. The third kappa shape index (κ3) is 7.13. The normalized spacial score (nSPS) is 18.4. The van der Waals surface area contributed by atoms with Crippen molar-refractivity contribution in [1.29, 1.82) is 0 Å². The molecule has 0 amide bonds. The predicted octanol–water partition coefficient (Wildman–Crippen LogP) is 7.51. The molecule has 0 bridgehead atoms. The van der Waals surface area contributed by atoms with Gasteiger partial charge >= 0.3 is 150 Å². The van der Waals surface area contributed by atoms with Crippen molar-refractivity contribution in [3.63, 3.8) is 0 Å². The van der Waals surface area contributed by atoms with E-state index in [2.05, 4.69) is 128 Å². The zero-order valence-corrected chi connectivity index (χ0v) is 26.6. The zero-order valence-electron chi connectivity index (χ0n) is 22.7. The molecule has 0 spiro atoms. The molecule has 0 fully saturated rings. The van der Waals surface area contributed by atoms with Crippen LogP contribution in [0.15, 0.2) is 111 Å². The molecule has 184 valence electrons. The van der Waals surface area contributed by atoms with Crippen LogP contribution in [0, 0.1) is 5.92 Å². The minimum Gasteiger partial charge on any atom is -0.0622 e. The summed E-state index contributed by atoms with van der Waals surface area (Å²) in [6.07, 6.45) is 1.22. The fourth-order valence-electron chi connectivity index (χ4n) is 5.39. The Hall–Kier alpha value is -1.80. The molecule has 3 aromatic carbocycles. The molecule has 3 heteroatoms. The van der Waals surface area contributed by atoms with Crippen molar-refractivity contribution in [3.05, 3.63) is 111 Å². The van der Waals surface area contributed by atoms with Gasteiger partial charge in [0.1, 0.15) is 0 Å². The third-order valence-corrected chi connectivity index (χ3v) is 28.7. The fraction of sp³-hybridized carbons (Fsp3) is 0.312. The molecule has 3 aromatic rings. The molecule has 3 atom stereocenters. The zero-order chi connectivity index (χ0) is 25.4. The van der Waals surface area contributed by atoms with Gasteiger partial charge in [-0.2, -0.15) is 0 Å². The molecule has 1 N–H and O–H groups in total. The maximum Gasteiger partial charge on any atom is -0.0184 e. The molecule has 3 unspecified atom stereocenters. The molecular formula is C32H43NSiZr. The second-order valence-electron chi connectivity index (χ2n) is 10.2. The minimum atomic E-state index is -2.53. The van der Waals surface area contributed by atoms with E-state index in [4.69, 9.17) is 0 Å². The fourth-order valence-corrected chi connectivity index (χ4v) is 31.3. The van der Waals surface area contributed by atoms with Crippen molar-refractivity contribution in [2.45, 2.75) is 58.6 Å². The van der Waals surface area contributed by atoms with Gasteiger partial charge in [0.15, 0.2) is 0 Å². The maximum absolute atomic E-state index is 4.22. The van der Waals surface area contributed by atoms with E-state index in [-0.39, 0.29) is 6.65 Å². The summed E-state index contributed by atoms with van der Waals surface area (Å²) >= 11 is -2.53. The van der Waals surface area contributed by atoms with E-state index in [1.54, 1.807) is 21.9 Å². The second kappa shape index (κ2) is 12.9. The van der Waals surface area contributed by atoms with Crippen molar-refractivity contribution >= 4 is 11.8 Å². The molecule has 0 radical (unpaired) electrons. The van der Waals surface area contributed by atoms with Crippen molar-refractivity contribution in [3.8, 4) is 11.1 Å². The van der Waals surface area contributed by atoms with E-state index in [9.17, 15) is 0 Å². The van der Waals surface area contributed by atoms with Crippen LogP contribution in [0.2, 0.25) is 4.63 Å². The van der Waals surface area contributed by atoms with Crippen LogP contribution in [0.4, 0.5) is 0 Å². The summed E-state index contributed by atoms with van der Waals surface area (Å²) in [7, 11) is 0. The molecule has 0 saturated heterocycles. The largest absolute Gasteiger partial charge is 0.0622 e.